The Morgan fingerprint density at radius 1 is 1.25 bits per heavy atom. The van der Waals surface area contributed by atoms with Crippen LogP contribution in [0.1, 0.15) is 43.6 Å². The second kappa shape index (κ2) is 8.20. The number of benzene rings is 1. The third kappa shape index (κ3) is 4.13. The van der Waals surface area contributed by atoms with Gasteiger partial charge < -0.3 is 14.2 Å². The molecule has 7 nitrogen and oxygen atoms in total. The fraction of sp³-hybridized carbons (Fsp3) is 0.400. The number of aryl methyl sites for hydroxylation is 2. The Morgan fingerprint density at radius 2 is 2.04 bits per heavy atom. The SMILES string of the molecule is Cc1nc(C)c(C(=O)N2CC(c3nc(CCOCc4ccccc4)no3)C2)s1. The minimum Gasteiger partial charge on any atom is -0.376 e. The highest BCUT2D eigenvalue weighted by Gasteiger charge is 2.37. The molecule has 1 saturated heterocycles. The van der Waals surface area contributed by atoms with Crippen LogP contribution >= 0.6 is 11.3 Å². The maximum atomic E-state index is 12.5. The van der Waals surface area contributed by atoms with E-state index in [1.54, 1.807) is 4.90 Å². The smallest absolute Gasteiger partial charge is 0.265 e. The quantitative estimate of drug-likeness (QED) is 0.569. The minimum atomic E-state index is 0.0356. The zero-order chi connectivity index (χ0) is 19.5. The summed E-state index contributed by atoms with van der Waals surface area (Å²) in [5.74, 6) is 1.37. The van der Waals surface area contributed by atoms with Gasteiger partial charge in [-0.1, -0.05) is 35.5 Å². The first-order valence-electron chi connectivity index (χ1n) is 9.27. The van der Waals surface area contributed by atoms with Crippen LogP contribution in [0.15, 0.2) is 34.9 Å². The molecule has 4 rings (SSSR count). The summed E-state index contributed by atoms with van der Waals surface area (Å²) in [4.78, 5) is 23.9. The van der Waals surface area contributed by atoms with E-state index in [2.05, 4.69) is 15.1 Å². The van der Waals surface area contributed by atoms with Crippen LogP contribution < -0.4 is 0 Å². The van der Waals surface area contributed by atoms with Crippen LogP contribution in [0.4, 0.5) is 0 Å². The van der Waals surface area contributed by atoms with Gasteiger partial charge in [0.25, 0.3) is 5.91 Å². The third-order valence-corrected chi connectivity index (χ3v) is 5.74. The molecule has 0 unspecified atom stereocenters. The Kier molecular flexibility index (Phi) is 5.50. The first-order valence-corrected chi connectivity index (χ1v) is 10.1. The molecular weight excluding hydrogens is 376 g/mol. The lowest BCUT2D eigenvalue weighted by molar-refractivity contribution is 0.0573. The number of amides is 1. The van der Waals surface area contributed by atoms with Crippen molar-refractivity contribution in [2.24, 2.45) is 0 Å². The molecule has 1 amide bonds. The van der Waals surface area contributed by atoms with Gasteiger partial charge in [0.1, 0.15) is 4.88 Å². The van der Waals surface area contributed by atoms with Gasteiger partial charge in [-0.05, 0) is 19.4 Å². The standard InChI is InChI=1S/C20H22N4O3S/c1-13-18(28-14(2)21-13)20(25)24-10-16(11-24)19-22-17(23-27-19)8-9-26-12-15-6-4-3-5-7-15/h3-7,16H,8-12H2,1-2H3. The maximum Gasteiger partial charge on any atom is 0.265 e. The second-order valence-electron chi connectivity index (χ2n) is 6.89. The van der Waals surface area contributed by atoms with Gasteiger partial charge in [-0.3, -0.25) is 4.79 Å². The number of thiazole rings is 1. The van der Waals surface area contributed by atoms with Gasteiger partial charge in [-0.15, -0.1) is 11.3 Å². The fourth-order valence-corrected chi connectivity index (χ4v) is 4.02. The van der Waals surface area contributed by atoms with E-state index in [0.29, 0.717) is 44.4 Å². The number of carbonyl (C=O) groups excluding carboxylic acids is 1. The number of hydrogen-bond donors (Lipinski definition) is 0. The van der Waals surface area contributed by atoms with Gasteiger partial charge in [0.2, 0.25) is 5.89 Å². The van der Waals surface area contributed by atoms with Crippen LogP contribution in [0.5, 0.6) is 0 Å². The average Bonchev–Trinajstić information content (AvgIpc) is 3.24. The number of hydrogen-bond acceptors (Lipinski definition) is 7. The molecule has 3 heterocycles. The summed E-state index contributed by atoms with van der Waals surface area (Å²) in [6.45, 7) is 6.09. The molecule has 0 radical (unpaired) electrons. The lowest BCUT2D eigenvalue weighted by atomic mass is 10.00. The highest BCUT2D eigenvalue weighted by molar-refractivity contribution is 7.13. The van der Waals surface area contributed by atoms with E-state index in [-0.39, 0.29) is 11.8 Å². The van der Waals surface area contributed by atoms with Crippen molar-refractivity contribution < 1.29 is 14.1 Å². The zero-order valence-corrected chi connectivity index (χ0v) is 16.7. The predicted octanol–water partition coefficient (Wildman–Crippen LogP) is 3.14. The van der Waals surface area contributed by atoms with Crippen LogP contribution in [-0.2, 0) is 17.8 Å². The number of nitrogens with zero attached hydrogens (tertiary/aromatic N) is 4. The van der Waals surface area contributed by atoms with Crippen molar-refractivity contribution in [1.29, 1.82) is 0 Å². The molecule has 1 aliphatic heterocycles. The van der Waals surface area contributed by atoms with Gasteiger partial charge in [-0.2, -0.15) is 4.98 Å². The number of carbonyl (C=O) groups is 1. The Hall–Kier alpha value is -2.58. The Balaban J connectivity index is 1.23. The predicted molar refractivity (Wildman–Crippen MR) is 104 cm³/mol. The van der Waals surface area contributed by atoms with Crippen LogP contribution in [-0.4, -0.2) is 45.6 Å². The monoisotopic (exact) mass is 398 g/mol. The summed E-state index contributed by atoms with van der Waals surface area (Å²) in [6.07, 6.45) is 0.602. The van der Waals surface area contributed by atoms with E-state index >= 15 is 0 Å². The fourth-order valence-electron chi connectivity index (χ4n) is 3.14. The number of ether oxygens (including phenoxy) is 1. The van der Waals surface area contributed by atoms with Crippen molar-refractivity contribution in [3.05, 3.63) is 63.2 Å². The van der Waals surface area contributed by atoms with Crippen molar-refractivity contribution in [1.82, 2.24) is 20.0 Å². The van der Waals surface area contributed by atoms with E-state index in [9.17, 15) is 4.79 Å². The molecule has 0 aliphatic carbocycles. The van der Waals surface area contributed by atoms with Gasteiger partial charge in [-0.25, -0.2) is 4.98 Å². The molecule has 146 valence electrons. The molecule has 0 N–H and O–H groups in total. The molecule has 3 aromatic rings. The topological polar surface area (TPSA) is 81.4 Å². The van der Waals surface area contributed by atoms with Crippen LogP contribution in [0.2, 0.25) is 0 Å². The molecular formula is C20H22N4O3S. The molecule has 1 aliphatic rings. The summed E-state index contributed by atoms with van der Waals surface area (Å²) < 4.78 is 11.0. The summed E-state index contributed by atoms with van der Waals surface area (Å²) in [6, 6.07) is 10.0. The average molecular weight is 398 g/mol. The summed E-state index contributed by atoms with van der Waals surface area (Å²) in [5.41, 5.74) is 1.94. The van der Waals surface area contributed by atoms with Crippen molar-refractivity contribution >= 4 is 17.2 Å². The largest absolute Gasteiger partial charge is 0.376 e. The van der Waals surface area contributed by atoms with Gasteiger partial charge in [0, 0.05) is 19.5 Å². The maximum absolute atomic E-state index is 12.5. The minimum absolute atomic E-state index is 0.0356. The van der Waals surface area contributed by atoms with E-state index in [0.717, 1.165) is 21.1 Å². The third-order valence-electron chi connectivity index (χ3n) is 4.68. The highest BCUT2D eigenvalue weighted by atomic mass is 32.1. The summed E-state index contributed by atoms with van der Waals surface area (Å²) >= 11 is 1.44. The molecule has 2 aromatic heterocycles. The molecule has 0 atom stereocenters. The van der Waals surface area contributed by atoms with Crippen molar-refractivity contribution in [3.63, 3.8) is 0 Å². The van der Waals surface area contributed by atoms with Crippen molar-refractivity contribution in [3.8, 4) is 0 Å². The van der Waals surface area contributed by atoms with Crippen LogP contribution in [0, 0.1) is 13.8 Å². The van der Waals surface area contributed by atoms with E-state index in [4.69, 9.17) is 9.26 Å². The van der Waals surface area contributed by atoms with Crippen LogP contribution in [0.25, 0.3) is 0 Å². The number of rotatable bonds is 7. The highest BCUT2D eigenvalue weighted by Crippen LogP contribution is 2.29. The molecule has 0 bridgehead atoms. The Labute approximate surface area is 167 Å². The molecule has 1 fully saturated rings. The molecule has 0 saturated carbocycles. The van der Waals surface area contributed by atoms with Crippen molar-refractivity contribution in [2.75, 3.05) is 19.7 Å². The van der Waals surface area contributed by atoms with Crippen molar-refractivity contribution in [2.45, 2.75) is 32.8 Å². The lowest BCUT2D eigenvalue weighted by Gasteiger charge is -2.36. The Morgan fingerprint density at radius 3 is 2.75 bits per heavy atom. The molecule has 1 aromatic carbocycles. The first-order chi connectivity index (χ1) is 13.6. The van der Waals surface area contributed by atoms with E-state index in [1.807, 2.05) is 44.2 Å². The summed E-state index contributed by atoms with van der Waals surface area (Å²) in [7, 11) is 0. The number of aromatic nitrogens is 3. The molecule has 8 heteroatoms. The van der Waals surface area contributed by atoms with Gasteiger partial charge in [0.05, 0.1) is 29.8 Å². The van der Waals surface area contributed by atoms with Crippen LogP contribution in [0.3, 0.4) is 0 Å². The second-order valence-corrected chi connectivity index (χ2v) is 8.09. The zero-order valence-electron chi connectivity index (χ0n) is 15.9. The van der Waals surface area contributed by atoms with E-state index < -0.39 is 0 Å². The normalized spacial score (nSPS) is 14.3. The Bertz CT molecular complexity index is 948. The lowest BCUT2D eigenvalue weighted by Crippen LogP contribution is -2.48. The van der Waals surface area contributed by atoms with Gasteiger partial charge in [0.15, 0.2) is 5.82 Å². The van der Waals surface area contributed by atoms with Gasteiger partial charge >= 0.3 is 0 Å². The number of likely N-dealkylation sites (tertiary alicyclic amines) is 1. The van der Waals surface area contributed by atoms with E-state index in [1.165, 1.54) is 11.3 Å². The summed E-state index contributed by atoms with van der Waals surface area (Å²) in [5, 5.41) is 4.94. The molecule has 28 heavy (non-hydrogen) atoms. The molecule has 0 spiro atoms. The first kappa shape index (κ1) is 18.8.